The summed E-state index contributed by atoms with van der Waals surface area (Å²) in [7, 11) is 0. The Hall–Kier alpha value is -2.36. The number of hydrogen-bond donors (Lipinski definition) is 1. The molecule has 0 saturated heterocycles. The van der Waals surface area contributed by atoms with Crippen molar-refractivity contribution in [1.82, 2.24) is 14.6 Å². The van der Waals surface area contributed by atoms with Crippen molar-refractivity contribution in [2.45, 2.75) is 0 Å². The van der Waals surface area contributed by atoms with Crippen LogP contribution in [-0.2, 0) is 0 Å². The minimum Gasteiger partial charge on any atom is -0.277 e. The minimum absolute atomic E-state index is 0.774. The largest absolute Gasteiger partial charge is 0.277 e. The number of para-hydroxylation sites is 1. The van der Waals surface area contributed by atoms with Crippen molar-refractivity contribution in [2.75, 3.05) is 5.43 Å². The van der Waals surface area contributed by atoms with Crippen LogP contribution in [0.2, 0.25) is 0 Å². The third-order valence-corrected chi connectivity index (χ3v) is 2.42. The van der Waals surface area contributed by atoms with Crippen LogP contribution in [0.15, 0.2) is 55.1 Å². The molecular weight excluding hydrogens is 200 g/mol. The predicted octanol–water partition coefficient (Wildman–Crippen LogP) is 2.31. The zero-order valence-electron chi connectivity index (χ0n) is 8.54. The van der Waals surface area contributed by atoms with Crippen LogP contribution in [-0.4, -0.2) is 14.6 Å². The van der Waals surface area contributed by atoms with E-state index in [1.54, 1.807) is 6.20 Å². The molecule has 4 nitrogen and oxygen atoms in total. The van der Waals surface area contributed by atoms with E-state index < -0.39 is 0 Å². The molecular formula is C12H10N4. The maximum Gasteiger partial charge on any atom is 0.148 e. The van der Waals surface area contributed by atoms with Crippen LogP contribution in [0, 0.1) is 0 Å². The Bertz CT molecular complexity index is 600. The lowest BCUT2D eigenvalue weighted by atomic mass is 10.3. The van der Waals surface area contributed by atoms with E-state index in [9.17, 15) is 0 Å². The molecule has 0 amide bonds. The molecule has 78 valence electrons. The van der Waals surface area contributed by atoms with Gasteiger partial charge in [0.2, 0.25) is 0 Å². The van der Waals surface area contributed by atoms with Crippen LogP contribution in [0.1, 0.15) is 0 Å². The first kappa shape index (κ1) is 8.91. The molecule has 16 heavy (non-hydrogen) atoms. The van der Waals surface area contributed by atoms with Gasteiger partial charge in [-0.05, 0) is 12.1 Å². The van der Waals surface area contributed by atoms with Gasteiger partial charge in [-0.1, -0.05) is 18.2 Å². The van der Waals surface area contributed by atoms with E-state index in [-0.39, 0.29) is 0 Å². The van der Waals surface area contributed by atoms with Gasteiger partial charge in [0.15, 0.2) is 0 Å². The maximum absolute atomic E-state index is 4.12. The van der Waals surface area contributed by atoms with Gasteiger partial charge in [-0.3, -0.25) is 10.1 Å². The fourth-order valence-electron chi connectivity index (χ4n) is 1.66. The fourth-order valence-corrected chi connectivity index (χ4v) is 1.66. The first-order chi connectivity index (χ1) is 7.93. The van der Waals surface area contributed by atoms with E-state index in [2.05, 4.69) is 33.6 Å². The number of hydrogen-bond acceptors (Lipinski definition) is 3. The third kappa shape index (κ3) is 1.50. The lowest BCUT2D eigenvalue weighted by Crippen LogP contribution is -2.08. The second-order valence-corrected chi connectivity index (χ2v) is 3.45. The van der Waals surface area contributed by atoms with Crippen LogP contribution in [0.3, 0.4) is 0 Å². The minimum atomic E-state index is 0.774. The van der Waals surface area contributed by atoms with Crippen molar-refractivity contribution >= 4 is 16.7 Å². The predicted molar refractivity (Wildman–Crippen MR) is 63.0 cm³/mol. The normalized spacial score (nSPS) is 10.5. The van der Waals surface area contributed by atoms with Crippen LogP contribution < -0.4 is 5.43 Å². The summed E-state index contributed by atoms with van der Waals surface area (Å²) in [4.78, 5) is 7.99. The van der Waals surface area contributed by atoms with Crippen molar-refractivity contribution in [3.05, 3.63) is 55.1 Å². The maximum atomic E-state index is 4.12. The molecule has 0 aliphatic heterocycles. The molecule has 2 heterocycles. The lowest BCUT2D eigenvalue weighted by Gasteiger charge is -2.07. The van der Waals surface area contributed by atoms with E-state index >= 15 is 0 Å². The molecule has 0 radical (unpaired) electrons. The fraction of sp³-hybridized carbons (Fsp3) is 0. The Kier molecular flexibility index (Phi) is 2.04. The van der Waals surface area contributed by atoms with Crippen molar-refractivity contribution in [3.8, 4) is 0 Å². The average Bonchev–Trinajstić information content (AvgIpc) is 2.74. The quantitative estimate of drug-likeness (QED) is 0.705. The standard InChI is InChI=1S/C12H10N4/c1-2-4-11-10(3-1)6-8-16(11)15-12-5-7-13-9-14-12/h1-9H,(H,13,14,15). The summed E-state index contributed by atoms with van der Waals surface area (Å²) in [5.74, 6) is 0.774. The Morgan fingerprint density at radius 2 is 2.00 bits per heavy atom. The Morgan fingerprint density at radius 3 is 2.88 bits per heavy atom. The number of nitrogens with one attached hydrogen (secondary N) is 1. The van der Waals surface area contributed by atoms with Gasteiger partial charge in [0.05, 0.1) is 5.52 Å². The SMILES string of the molecule is c1ccc2c(c1)ccn2Nc1ccncn1. The summed E-state index contributed by atoms with van der Waals surface area (Å²) in [6, 6.07) is 12.1. The summed E-state index contributed by atoms with van der Waals surface area (Å²) in [6.07, 6.45) is 5.21. The van der Waals surface area contributed by atoms with Crippen LogP contribution >= 0.6 is 0 Å². The summed E-state index contributed by atoms with van der Waals surface area (Å²) in [5.41, 5.74) is 4.32. The molecule has 0 bridgehead atoms. The van der Waals surface area contributed by atoms with Crippen molar-refractivity contribution in [2.24, 2.45) is 0 Å². The Labute approximate surface area is 92.5 Å². The van der Waals surface area contributed by atoms with Crippen LogP contribution in [0.5, 0.6) is 0 Å². The molecule has 0 aliphatic rings. The topological polar surface area (TPSA) is 42.7 Å². The number of fused-ring (bicyclic) bond motifs is 1. The smallest absolute Gasteiger partial charge is 0.148 e. The molecule has 0 unspecified atom stereocenters. The molecule has 1 aromatic carbocycles. The van der Waals surface area contributed by atoms with Crippen molar-refractivity contribution < 1.29 is 0 Å². The summed E-state index contributed by atoms with van der Waals surface area (Å²) in [5, 5.41) is 1.20. The summed E-state index contributed by atoms with van der Waals surface area (Å²) >= 11 is 0. The number of benzene rings is 1. The molecule has 1 N–H and O–H groups in total. The van der Waals surface area contributed by atoms with E-state index in [1.165, 1.54) is 11.7 Å². The van der Waals surface area contributed by atoms with Gasteiger partial charge < -0.3 is 0 Å². The van der Waals surface area contributed by atoms with Crippen LogP contribution in [0.4, 0.5) is 5.82 Å². The van der Waals surface area contributed by atoms with Gasteiger partial charge in [-0.25, -0.2) is 9.97 Å². The summed E-state index contributed by atoms with van der Waals surface area (Å²) < 4.78 is 1.94. The van der Waals surface area contributed by atoms with Gasteiger partial charge in [0, 0.05) is 23.8 Å². The first-order valence-electron chi connectivity index (χ1n) is 5.02. The highest BCUT2D eigenvalue weighted by molar-refractivity contribution is 5.80. The Balaban J connectivity index is 2.01. The summed E-state index contributed by atoms with van der Waals surface area (Å²) in [6.45, 7) is 0. The van der Waals surface area contributed by atoms with E-state index in [0.29, 0.717) is 0 Å². The second-order valence-electron chi connectivity index (χ2n) is 3.45. The van der Waals surface area contributed by atoms with Gasteiger partial charge in [-0.15, -0.1) is 0 Å². The molecule has 4 heteroatoms. The average molecular weight is 210 g/mol. The van der Waals surface area contributed by atoms with Gasteiger partial charge in [0.25, 0.3) is 0 Å². The molecule has 0 atom stereocenters. The highest BCUT2D eigenvalue weighted by atomic mass is 15.4. The molecule has 3 aromatic rings. The highest BCUT2D eigenvalue weighted by Crippen LogP contribution is 2.14. The molecule has 0 aliphatic carbocycles. The van der Waals surface area contributed by atoms with Gasteiger partial charge in [0.1, 0.15) is 12.1 Å². The number of rotatable bonds is 2. The van der Waals surface area contributed by atoms with E-state index in [1.807, 2.05) is 29.1 Å². The molecule has 0 fully saturated rings. The lowest BCUT2D eigenvalue weighted by molar-refractivity contribution is 0.981. The molecule has 2 aromatic heterocycles. The van der Waals surface area contributed by atoms with Gasteiger partial charge >= 0.3 is 0 Å². The number of anilines is 1. The highest BCUT2D eigenvalue weighted by Gasteiger charge is 1.99. The van der Waals surface area contributed by atoms with E-state index in [0.717, 1.165) is 11.3 Å². The monoisotopic (exact) mass is 210 g/mol. The van der Waals surface area contributed by atoms with Gasteiger partial charge in [-0.2, -0.15) is 0 Å². The Morgan fingerprint density at radius 1 is 1.06 bits per heavy atom. The molecule has 0 spiro atoms. The molecule has 3 rings (SSSR count). The zero-order chi connectivity index (χ0) is 10.8. The van der Waals surface area contributed by atoms with E-state index in [4.69, 9.17) is 0 Å². The van der Waals surface area contributed by atoms with Crippen molar-refractivity contribution in [3.63, 3.8) is 0 Å². The second kappa shape index (κ2) is 3.66. The first-order valence-corrected chi connectivity index (χ1v) is 5.02. The number of aromatic nitrogens is 3. The third-order valence-electron chi connectivity index (χ3n) is 2.42. The zero-order valence-corrected chi connectivity index (χ0v) is 8.54. The molecule has 0 saturated carbocycles. The van der Waals surface area contributed by atoms with Crippen molar-refractivity contribution in [1.29, 1.82) is 0 Å². The van der Waals surface area contributed by atoms with Crippen LogP contribution in [0.25, 0.3) is 10.9 Å². The number of nitrogens with zero attached hydrogens (tertiary/aromatic N) is 3.